The van der Waals surface area contributed by atoms with Crippen LogP contribution in [0.3, 0.4) is 0 Å². The predicted molar refractivity (Wildman–Crippen MR) is 126 cm³/mol. The number of para-hydroxylation sites is 2. The van der Waals surface area contributed by atoms with Gasteiger partial charge in [-0.3, -0.25) is 4.79 Å². The number of hydrogen-bond donors (Lipinski definition) is 2. The highest BCUT2D eigenvalue weighted by Gasteiger charge is 2.08. The van der Waals surface area contributed by atoms with Crippen LogP contribution >= 0.6 is 0 Å². The van der Waals surface area contributed by atoms with Crippen LogP contribution < -0.4 is 20.1 Å². The van der Waals surface area contributed by atoms with Gasteiger partial charge < -0.3 is 20.1 Å². The van der Waals surface area contributed by atoms with Crippen LogP contribution in [0, 0.1) is 0 Å². The van der Waals surface area contributed by atoms with Gasteiger partial charge in [0.15, 0.2) is 0 Å². The molecule has 2 N–H and O–H groups in total. The molecule has 0 saturated carbocycles. The molecule has 0 unspecified atom stereocenters. The Morgan fingerprint density at radius 1 is 0.935 bits per heavy atom. The Bertz CT molecular complexity index is 958. The van der Waals surface area contributed by atoms with Gasteiger partial charge in [-0.25, -0.2) is 0 Å². The van der Waals surface area contributed by atoms with Gasteiger partial charge in [0.1, 0.15) is 11.5 Å². The van der Waals surface area contributed by atoms with Gasteiger partial charge in [-0.1, -0.05) is 48.5 Å². The van der Waals surface area contributed by atoms with Crippen LogP contribution in [0.2, 0.25) is 0 Å². The highest BCUT2D eigenvalue weighted by molar-refractivity contribution is 5.95. The van der Waals surface area contributed by atoms with Crippen molar-refractivity contribution in [2.24, 2.45) is 0 Å². The monoisotopic (exact) mass is 418 g/mol. The molecule has 31 heavy (non-hydrogen) atoms. The zero-order valence-corrected chi connectivity index (χ0v) is 18.1. The summed E-state index contributed by atoms with van der Waals surface area (Å²) in [5.74, 6) is 1.31. The second-order valence-electron chi connectivity index (χ2n) is 7.53. The first-order chi connectivity index (χ1) is 15.1. The molecule has 0 radical (unpaired) electrons. The van der Waals surface area contributed by atoms with E-state index in [9.17, 15) is 4.79 Å². The van der Waals surface area contributed by atoms with Crippen LogP contribution in [0.25, 0.3) is 0 Å². The van der Waals surface area contributed by atoms with Gasteiger partial charge in [-0.15, -0.1) is 0 Å². The van der Waals surface area contributed by atoms with Crippen molar-refractivity contribution in [3.63, 3.8) is 0 Å². The molecule has 0 spiro atoms. The van der Waals surface area contributed by atoms with E-state index in [4.69, 9.17) is 9.47 Å². The highest BCUT2D eigenvalue weighted by Crippen LogP contribution is 2.24. The Morgan fingerprint density at radius 2 is 1.71 bits per heavy atom. The number of hydrogen-bond acceptors (Lipinski definition) is 4. The van der Waals surface area contributed by atoms with Gasteiger partial charge in [0, 0.05) is 11.8 Å². The summed E-state index contributed by atoms with van der Waals surface area (Å²) >= 11 is 0. The number of rotatable bonds is 11. The molecule has 0 heterocycles. The first-order valence-electron chi connectivity index (χ1n) is 10.7. The molecule has 0 aliphatic carbocycles. The van der Waals surface area contributed by atoms with E-state index in [2.05, 4.69) is 22.8 Å². The SMILES string of the molecule is CC(C)Oc1cccc(NCC(=O)Nc2ccccc2OCCCc2ccccc2)c1. The average Bonchev–Trinajstić information content (AvgIpc) is 2.77. The topological polar surface area (TPSA) is 59.6 Å². The molecular formula is C26H30N2O3. The van der Waals surface area contributed by atoms with Gasteiger partial charge in [-0.2, -0.15) is 0 Å². The van der Waals surface area contributed by atoms with E-state index in [0.29, 0.717) is 18.0 Å². The van der Waals surface area contributed by atoms with Gasteiger partial charge in [-0.05, 0) is 56.5 Å². The van der Waals surface area contributed by atoms with E-state index in [1.807, 2.05) is 80.6 Å². The molecule has 0 aromatic heterocycles. The fraction of sp³-hybridized carbons (Fsp3) is 0.269. The van der Waals surface area contributed by atoms with Crippen LogP contribution in [0.15, 0.2) is 78.9 Å². The Labute approximate surface area is 184 Å². The van der Waals surface area contributed by atoms with Crippen molar-refractivity contribution in [1.82, 2.24) is 0 Å². The zero-order chi connectivity index (χ0) is 21.9. The fourth-order valence-electron chi connectivity index (χ4n) is 3.13. The first kappa shape index (κ1) is 22.2. The molecule has 3 aromatic rings. The van der Waals surface area contributed by atoms with E-state index < -0.39 is 0 Å². The maximum atomic E-state index is 12.5. The lowest BCUT2D eigenvalue weighted by Gasteiger charge is -2.14. The number of aryl methyl sites for hydroxylation is 1. The predicted octanol–water partition coefficient (Wildman–Crippen LogP) is 5.54. The lowest BCUT2D eigenvalue weighted by atomic mass is 10.1. The molecule has 5 heteroatoms. The number of carbonyl (C=O) groups is 1. The number of amides is 1. The Balaban J connectivity index is 1.47. The maximum Gasteiger partial charge on any atom is 0.243 e. The molecule has 0 bridgehead atoms. The lowest BCUT2D eigenvalue weighted by molar-refractivity contribution is -0.114. The van der Waals surface area contributed by atoms with Gasteiger partial charge in [0.2, 0.25) is 5.91 Å². The summed E-state index contributed by atoms with van der Waals surface area (Å²) in [6.07, 6.45) is 1.96. The minimum absolute atomic E-state index is 0.0998. The van der Waals surface area contributed by atoms with E-state index in [0.717, 1.165) is 24.3 Å². The van der Waals surface area contributed by atoms with Crippen molar-refractivity contribution in [2.45, 2.75) is 32.8 Å². The third-order valence-corrected chi connectivity index (χ3v) is 4.53. The fourth-order valence-corrected chi connectivity index (χ4v) is 3.13. The van der Waals surface area contributed by atoms with E-state index in [-0.39, 0.29) is 18.6 Å². The Morgan fingerprint density at radius 3 is 2.52 bits per heavy atom. The molecule has 0 saturated heterocycles. The minimum atomic E-state index is -0.143. The molecule has 0 aliphatic heterocycles. The molecule has 1 amide bonds. The third-order valence-electron chi connectivity index (χ3n) is 4.53. The molecule has 0 fully saturated rings. The van der Waals surface area contributed by atoms with Crippen molar-refractivity contribution in [2.75, 3.05) is 23.8 Å². The summed E-state index contributed by atoms with van der Waals surface area (Å²) in [5, 5.41) is 6.06. The number of ether oxygens (including phenoxy) is 2. The largest absolute Gasteiger partial charge is 0.491 e. The van der Waals surface area contributed by atoms with Gasteiger partial charge in [0.25, 0.3) is 0 Å². The zero-order valence-electron chi connectivity index (χ0n) is 18.1. The molecule has 0 aliphatic rings. The highest BCUT2D eigenvalue weighted by atomic mass is 16.5. The normalized spacial score (nSPS) is 10.5. The van der Waals surface area contributed by atoms with Crippen molar-refractivity contribution in [3.05, 3.63) is 84.4 Å². The summed E-state index contributed by atoms with van der Waals surface area (Å²) in [6.45, 7) is 4.69. The number of benzene rings is 3. The van der Waals surface area contributed by atoms with Gasteiger partial charge >= 0.3 is 0 Å². The summed E-state index contributed by atoms with van der Waals surface area (Å²) in [6, 6.07) is 25.4. The average molecular weight is 419 g/mol. The molecule has 0 atom stereocenters. The standard InChI is InChI=1S/C26H30N2O3/c1-20(2)31-23-14-8-13-22(18-23)27-19-26(29)28-24-15-6-7-16-25(24)30-17-9-12-21-10-4-3-5-11-21/h3-8,10-11,13-16,18,20,27H,9,12,17,19H2,1-2H3,(H,28,29). The lowest BCUT2D eigenvalue weighted by Crippen LogP contribution is -2.22. The first-order valence-corrected chi connectivity index (χ1v) is 10.7. The summed E-state index contributed by atoms with van der Waals surface area (Å²) in [4.78, 5) is 12.5. The number of carbonyl (C=O) groups excluding carboxylic acids is 1. The number of anilines is 2. The van der Waals surface area contributed by atoms with Crippen molar-refractivity contribution in [3.8, 4) is 11.5 Å². The van der Waals surface area contributed by atoms with Crippen LogP contribution in [-0.4, -0.2) is 25.2 Å². The van der Waals surface area contributed by atoms with Crippen LogP contribution in [0.1, 0.15) is 25.8 Å². The molecule has 3 rings (SSSR count). The van der Waals surface area contributed by atoms with Crippen molar-refractivity contribution < 1.29 is 14.3 Å². The second-order valence-corrected chi connectivity index (χ2v) is 7.53. The second kappa shape index (κ2) is 11.6. The van der Waals surface area contributed by atoms with Crippen LogP contribution in [-0.2, 0) is 11.2 Å². The van der Waals surface area contributed by atoms with E-state index in [1.165, 1.54) is 5.56 Å². The minimum Gasteiger partial charge on any atom is -0.491 e. The smallest absolute Gasteiger partial charge is 0.243 e. The van der Waals surface area contributed by atoms with Crippen molar-refractivity contribution >= 4 is 17.3 Å². The van der Waals surface area contributed by atoms with Crippen LogP contribution in [0.4, 0.5) is 11.4 Å². The van der Waals surface area contributed by atoms with Crippen LogP contribution in [0.5, 0.6) is 11.5 Å². The third kappa shape index (κ3) is 7.70. The van der Waals surface area contributed by atoms with E-state index in [1.54, 1.807) is 0 Å². The summed E-state index contributed by atoms with van der Waals surface area (Å²) in [5.41, 5.74) is 2.80. The Hall–Kier alpha value is -3.47. The Kier molecular flexibility index (Phi) is 8.35. The molecule has 5 nitrogen and oxygen atoms in total. The maximum absolute atomic E-state index is 12.5. The summed E-state index contributed by atoms with van der Waals surface area (Å²) < 4.78 is 11.6. The number of nitrogens with one attached hydrogen (secondary N) is 2. The quantitative estimate of drug-likeness (QED) is 0.402. The molecular weight excluding hydrogens is 388 g/mol. The van der Waals surface area contributed by atoms with E-state index >= 15 is 0 Å². The summed E-state index contributed by atoms with van der Waals surface area (Å²) in [7, 11) is 0. The molecule has 3 aromatic carbocycles. The van der Waals surface area contributed by atoms with Crippen molar-refractivity contribution in [1.29, 1.82) is 0 Å². The molecule has 162 valence electrons. The van der Waals surface area contributed by atoms with Gasteiger partial charge in [0.05, 0.1) is 24.9 Å².